The maximum absolute atomic E-state index is 11.1. The molecular weight excluding hydrogens is 320 g/mol. The molecule has 140 valence electrons. The molecule has 1 saturated heterocycles. The van der Waals surface area contributed by atoms with Gasteiger partial charge in [0, 0.05) is 25.8 Å². The second kappa shape index (κ2) is 8.68. The van der Waals surface area contributed by atoms with Crippen LogP contribution in [0.15, 0.2) is 53.8 Å². The van der Waals surface area contributed by atoms with Crippen LogP contribution in [0.1, 0.15) is 45.6 Å². The minimum absolute atomic E-state index is 0.453. The number of piperidine rings is 1. The van der Waals surface area contributed by atoms with Crippen LogP contribution in [0.4, 0.5) is 0 Å². The zero-order valence-electron chi connectivity index (χ0n) is 16.4. The maximum Gasteiger partial charge on any atom is 0.145 e. The normalized spacial score (nSPS) is 26.6. The number of rotatable bonds is 7. The Balaban J connectivity index is 1.88. The quantitative estimate of drug-likeness (QED) is 0.529. The lowest BCUT2D eigenvalue weighted by Gasteiger charge is -2.53. The van der Waals surface area contributed by atoms with Crippen molar-refractivity contribution in [1.29, 1.82) is 0 Å². The monoisotopic (exact) mass is 352 g/mol. The molecule has 2 bridgehead atoms. The van der Waals surface area contributed by atoms with Gasteiger partial charge in [0.25, 0.3) is 0 Å². The fourth-order valence-corrected chi connectivity index (χ4v) is 4.56. The summed E-state index contributed by atoms with van der Waals surface area (Å²) in [6.07, 6.45) is 9.44. The predicted molar refractivity (Wildman–Crippen MR) is 107 cm³/mol. The molecular formula is C23H32N2O. The van der Waals surface area contributed by atoms with Crippen molar-refractivity contribution in [2.75, 3.05) is 13.1 Å². The number of fused-ring (bicyclic) bond motifs is 2. The Morgan fingerprint density at radius 3 is 2.73 bits per heavy atom. The molecule has 2 heterocycles. The molecule has 3 rings (SSSR count). The lowest BCUT2D eigenvalue weighted by molar-refractivity contribution is -0.104. The van der Waals surface area contributed by atoms with Gasteiger partial charge in [0.05, 0.1) is 6.17 Å². The average Bonchev–Trinajstić information content (AvgIpc) is 2.64. The molecule has 0 spiro atoms. The molecule has 3 atom stereocenters. The second-order valence-corrected chi connectivity index (χ2v) is 7.85. The minimum Gasteiger partial charge on any atom is -0.361 e. The van der Waals surface area contributed by atoms with Crippen molar-refractivity contribution in [3.05, 3.63) is 59.3 Å². The number of carbonyl (C=O) groups excluding carboxylic acids is 1. The Hall–Kier alpha value is -1.87. The van der Waals surface area contributed by atoms with Crippen LogP contribution in [0, 0.1) is 11.8 Å². The standard InChI is InChI=1S/C23H32N2O/c1-4-5-12-24-16-21(14-18(2)17-26)22-11-13-25(23(24)19(22)3)15-20-9-7-6-8-10-20/h6-10,14,16-17,19,22-23H,4-5,11-13,15H2,1-3H3/b18-14+/t19-,22+,23-/m1/s1. The van der Waals surface area contributed by atoms with Crippen molar-refractivity contribution in [3.8, 4) is 0 Å². The smallest absolute Gasteiger partial charge is 0.145 e. The Kier molecular flexibility index (Phi) is 6.31. The number of likely N-dealkylation sites (tertiary alicyclic amines) is 1. The van der Waals surface area contributed by atoms with Crippen LogP contribution < -0.4 is 0 Å². The number of carbonyl (C=O) groups is 1. The first-order valence-electron chi connectivity index (χ1n) is 10.0. The van der Waals surface area contributed by atoms with Crippen molar-refractivity contribution in [2.24, 2.45) is 11.8 Å². The third kappa shape index (κ3) is 4.09. The van der Waals surface area contributed by atoms with Gasteiger partial charge in [0.15, 0.2) is 0 Å². The summed E-state index contributed by atoms with van der Waals surface area (Å²) in [5.74, 6) is 1.12. The van der Waals surface area contributed by atoms with Gasteiger partial charge in [0.2, 0.25) is 0 Å². The van der Waals surface area contributed by atoms with E-state index in [2.05, 4.69) is 66.3 Å². The van der Waals surface area contributed by atoms with E-state index in [9.17, 15) is 4.79 Å². The van der Waals surface area contributed by atoms with E-state index in [-0.39, 0.29) is 0 Å². The Bertz CT molecular complexity index is 664. The molecule has 0 amide bonds. The highest BCUT2D eigenvalue weighted by Crippen LogP contribution is 2.41. The van der Waals surface area contributed by atoms with Gasteiger partial charge >= 0.3 is 0 Å². The van der Waals surface area contributed by atoms with Gasteiger partial charge in [-0.05, 0) is 48.3 Å². The molecule has 1 aromatic carbocycles. The Labute approximate surface area is 158 Å². The summed E-state index contributed by atoms with van der Waals surface area (Å²) in [6, 6.07) is 10.8. The summed E-state index contributed by atoms with van der Waals surface area (Å²) < 4.78 is 0. The molecule has 0 saturated carbocycles. The van der Waals surface area contributed by atoms with Crippen molar-refractivity contribution >= 4 is 6.29 Å². The van der Waals surface area contributed by atoms with Gasteiger partial charge in [-0.15, -0.1) is 0 Å². The molecule has 0 aromatic heterocycles. The summed E-state index contributed by atoms with van der Waals surface area (Å²) in [6.45, 7) is 9.76. The highest BCUT2D eigenvalue weighted by Gasteiger charge is 2.42. The van der Waals surface area contributed by atoms with Gasteiger partial charge in [-0.1, -0.05) is 56.7 Å². The van der Waals surface area contributed by atoms with Gasteiger partial charge in [-0.25, -0.2) is 0 Å². The fourth-order valence-electron chi connectivity index (χ4n) is 4.56. The van der Waals surface area contributed by atoms with Crippen molar-refractivity contribution in [1.82, 2.24) is 9.80 Å². The maximum atomic E-state index is 11.1. The largest absolute Gasteiger partial charge is 0.361 e. The van der Waals surface area contributed by atoms with Crippen LogP contribution in [0.3, 0.4) is 0 Å². The van der Waals surface area contributed by atoms with E-state index in [1.54, 1.807) is 0 Å². The summed E-state index contributed by atoms with van der Waals surface area (Å²) in [7, 11) is 0. The molecule has 1 fully saturated rings. The zero-order chi connectivity index (χ0) is 18.5. The van der Waals surface area contributed by atoms with Gasteiger partial charge in [0.1, 0.15) is 6.29 Å². The van der Waals surface area contributed by atoms with E-state index in [0.717, 1.165) is 31.5 Å². The van der Waals surface area contributed by atoms with Crippen molar-refractivity contribution in [2.45, 2.75) is 52.7 Å². The highest BCUT2D eigenvalue weighted by atomic mass is 16.1. The van der Waals surface area contributed by atoms with E-state index in [0.29, 0.717) is 18.0 Å². The molecule has 3 heteroatoms. The molecule has 26 heavy (non-hydrogen) atoms. The Morgan fingerprint density at radius 1 is 1.27 bits per heavy atom. The molecule has 0 unspecified atom stereocenters. The van der Waals surface area contributed by atoms with E-state index in [1.807, 2.05) is 6.92 Å². The van der Waals surface area contributed by atoms with Gasteiger partial charge < -0.3 is 4.90 Å². The summed E-state index contributed by atoms with van der Waals surface area (Å²) in [4.78, 5) is 16.3. The first-order valence-corrected chi connectivity index (χ1v) is 10.0. The molecule has 0 N–H and O–H groups in total. The van der Waals surface area contributed by atoms with Crippen LogP contribution in [0.2, 0.25) is 0 Å². The van der Waals surface area contributed by atoms with E-state index in [1.165, 1.54) is 30.4 Å². The number of benzene rings is 1. The van der Waals surface area contributed by atoms with Crippen LogP contribution in [0.5, 0.6) is 0 Å². The highest BCUT2D eigenvalue weighted by molar-refractivity contribution is 5.73. The zero-order valence-corrected chi connectivity index (χ0v) is 16.4. The van der Waals surface area contributed by atoms with Crippen molar-refractivity contribution in [3.63, 3.8) is 0 Å². The van der Waals surface area contributed by atoms with E-state index < -0.39 is 0 Å². The summed E-state index contributed by atoms with van der Waals surface area (Å²) in [5.41, 5.74) is 3.55. The number of nitrogens with zero attached hydrogens (tertiary/aromatic N) is 2. The topological polar surface area (TPSA) is 23.6 Å². The first kappa shape index (κ1) is 18.9. The number of aldehydes is 1. The average molecular weight is 353 g/mol. The third-order valence-electron chi connectivity index (χ3n) is 5.87. The van der Waals surface area contributed by atoms with Crippen LogP contribution in [-0.4, -0.2) is 35.3 Å². The summed E-state index contributed by atoms with van der Waals surface area (Å²) >= 11 is 0. The first-order chi connectivity index (χ1) is 12.6. The molecule has 1 aromatic rings. The second-order valence-electron chi connectivity index (χ2n) is 7.85. The molecule has 2 aliphatic rings. The lowest BCUT2D eigenvalue weighted by Crippen LogP contribution is -2.58. The van der Waals surface area contributed by atoms with Crippen molar-refractivity contribution < 1.29 is 4.79 Å². The SMILES string of the molecule is CCCCN1C=C(/C=C(\C)C=O)[C@H]2CCN(Cc3ccccc3)[C@@H]1[C@@H]2C. The summed E-state index contributed by atoms with van der Waals surface area (Å²) in [5, 5.41) is 0. The number of unbranched alkanes of at least 4 members (excludes halogenated alkanes) is 1. The number of allylic oxidation sites excluding steroid dienone is 3. The minimum atomic E-state index is 0.453. The van der Waals surface area contributed by atoms with E-state index in [4.69, 9.17) is 0 Å². The number of hydrogen-bond acceptors (Lipinski definition) is 3. The van der Waals surface area contributed by atoms with Gasteiger partial charge in [-0.2, -0.15) is 0 Å². The fraction of sp³-hybridized carbons (Fsp3) is 0.522. The lowest BCUT2D eigenvalue weighted by atomic mass is 9.76. The number of hydrogen-bond donors (Lipinski definition) is 0. The van der Waals surface area contributed by atoms with Crippen LogP contribution in [0.25, 0.3) is 0 Å². The van der Waals surface area contributed by atoms with E-state index >= 15 is 0 Å². The molecule has 0 radical (unpaired) electrons. The Morgan fingerprint density at radius 2 is 2.04 bits per heavy atom. The molecule has 0 aliphatic carbocycles. The van der Waals surface area contributed by atoms with Gasteiger partial charge in [-0.3, -0.25) is 9.69 Å². The predicted octanol–water partition coefficient (Wildman–Crippen LogP) is 4.62. The molecule has 2 aliphatic heterocycles. The van der Waals surface area contributed by atoms with Crippen LogP contribution >= 0.6 is 0 Å². The molecule has 3 nitrogen and oxygen atoms in total. The third-order valence-corrected chi connectivity index (χ3v) is 5.87. The van der Waals surface area contributed by atoms with Crippen LogP contribution in [-0.2, 0) is 11.3 Å².